The molecule has 0 unspecified atom stereocenters. The van der Waals surface area contributed by atoms with Crippen molar-refractivity contribution in [2.45, 2.75) is 66.1 Å². The van der Waals surface area contributed by atoms with Crippen molar-refractivity contribution in [3.63, 3.8) is 0 Å². The second kappa shape index (κ2) is 9.34. The summed E-state index contributed by atoms with van der Waals surface area (Å²) in [5, 5.41) is 2.71. The van der Waals surface area contributed by atoms with Crippen molar-refractivity contribution in [1.82, 2.24) is 10.2 Å². The second-order valence-corrected chi connectivity index (χ2v) is 6.08. The zero-order valence-corrected chi connectivity index (χ0v) is 14.0. The van der Waals surface area contributed by atoms with Gasteiger partial charge in [0.2, 0.25) is 11.8 Å². The summed E-state index contributed by atoms with van der Waals surface area (Å²) in [5.74, 6) is -0.113. The minimum Gasteiger partial charge on any atom is -0.348 e. The third kappa shape index (κ3) is 10.4. The summed E-state index contributed by atoms with van der Waals surface area (Å²) in [6.45, 7) is 20.6. The Hall–Kier alpha value is -1.58. The van der Waals surface area contributed by atoms with Crippen LogP contribution in [0.15, 0.2) is 25.3 Å². The van der Waals surface area contributed by atoms with Crippen molar-refractivity contribution in [3.05, 3.63) is 25.3 Å². The molecule has 0 radical (unpaired) electrons. The maximum Gasteiger partial charge on any atom is 0.246 e. The van der Waals surface area contributed by atoms with Crippen molar-refractivity contribution in [3.8, 4) is 0 Å². The van der Waals surface area contributed by atoms with Crippen LogP contribution < -0.4 is 5.32 Å². The van der Waals surface area contributed by atoms with E-state index < -0.39 is 0 Å². The maximum atomic E-state index is 11.2. The lowest BCUT2D eigenvalue weighted by Crippen LogP contribution is -2.40. The zero-order chi connectivity index (χ0) is 16.5. The highest BCUT2D eigenvalue weighted by molar-refractivity contribution is 5.87. The molecule has 4 nitrogen and oxygen atoms in total. The molecule has 0 spiro atoms. The fraction of sp³-hybridized carbons (Fsp3) is 0.625. The van der Waals surface area contributed by atoms with Gasteiger partial charge in [0.15, 0.2) is 0 Å². The lowest BCUT2D eigenvalue weighted by molar-refractivity contribution is -0.129. The summed E-state index contributed by atoms with van der Waals surface area (Å²) in [7, 11) is 0. The number of rotatable bonds is 4. The van der Waals surface area contributed by atoms with E-state index in [9.17, 15) is 9.59 Å². The van der Waals surface area contributed by atoms with Crippen LogP contribution >= 0.6 is 0 Å². The molecule has 2 amide bonds. The van der Waals surface area contributed by atoms with Crippen molar-refractivity contribution in [2.75, 3.05) is 0 Å². The Morgan fingerprint density at radius 1 is 1.00 bits per heavy atom. The first-order chi connectivity index (χ1) is 8.96. The zero-order valence-electron chi connectivity index (χ0n) is 14.0. The Kier molecular flexibility index (Phi) is 9.69. The third-order valence-corrected chi connectivity index (χ3v) is 2.23. The van der Waals surface area contributed by atoms with E-state index in [2.05, 4.69) is 18.5 Å². The minimum atomic E-state index is -0.148. The van der Waals surface area contributed by atoms with Gasteiger partial charge in [0.25, 0.3) is 0 Å². The Morgan fingerprint density at radius 2 is 1.40 bits per heavy atom. The van der Waals surface area contributed by atoms with E-state index in [4.69, 9.17) is 0 Å². The summed E-state index contributed by atoms with van der Waals surface area (Å²) in [6, 6.07) is 0.501. The molecular formula is C16H30N2O2. The number of carbonyl (C=O) groups is 2. The van der Waals surface area contributed by atoms with Crippen LogP contribution in [0.3, 0.4) is 0 Å². The van der Waals surface area contributed by atoms with Gasteiger partial charge in [0.1, 0.15) is 0 Å². The maximum absolute atomic E-state index is 11.2. The monoisotopic (exact) mass is 282 g/mol. The fourth-order valence-corrected chi connectivity index (χ4v) is 1.63. The minimum absolute atomic E-state index is 0.00926. The highest BCUT2D eigenvalue weighted by Gasteiger charge is 2.16. The molecule has 116 valence electrons. The number of amides is 2. The van der Waals surface area contributed by atoms with Crippen molar-refractivity contribution >= 4 is 11.8 Å². The SMILES string of the molecule is C=CC(=O)N(C(C)C)C(C)C.C=CC(=O)NC(C)(C)C. The molecule has 0 heterocycles. The van der Waals surface area contributed by atoms with E-state index in [1.54, 1.807) is 4.90 Å². The summed E-state index contributed by atoms with van der Waals surface area (Å²) >= 11 is 0. The fourth-order valence-electron chi connectivity index (χ4n) is 1.63. The quantitative estimate of drug-likeness (QED) is 0.806. The Morgan fingerprint density at radius 3 is 1.50 bits per heavy atom. The first-order valence-electron chi connectivity index (χ1n) is 6.85. The van der Waals surface area contributed by atoms with Gasteiger partial charge in [-0.05, 0) is 60.6 Å². The van der Waals surface area contributed by atoms with E-state index >= 15 is 0 Å². The van der Waals surface area contributed by atoms with Gasteiger partial charge in [0.05, 0.1) is 0 Å². The van der Waals surface area contributed by atoms with Gasteiger partial charge in [-0.3, -0.25) is 9.59 Å². The molecule has 0 fully saturated rings. The standard InChI is InChI=1S/C9H17NO.C7H13NO/c1-6-9(11)10(7(2)3)8(4)5;1-5-6(9)8-7(2,3)4/h6-8H,1H2,2-5H3;5H,1H2,2-4H3,(H,8,9). The smallest absolute Gasteiger partial charge is 0.246 e. The average molecular weight is 282 g/mol. The predicted octanol–water partition coefficient (Wildman–Crippen LogP) is 2.90. The molecule has 0 aliphatic rings. The summed E-state index contributed by atoms with van der Waals surface area (Å²) in [5.41, 5.74) is -0.148. The largest absolute Gasteiger partial charge is 0.348 e. The number of hydrogen-bond donors (Lipinski definition) is 1. The number of nitrogens with one attached hydrogen (secondary N) is 1. The third-order valence-electron chi connectivity index (χ3n) is 2.23. The Bertz CT molecular complexity index is 331. The van der Waals surface area contributed by atoms with E-state index in [-0.39, 0.29) is 29.4 Å². The van der Waals surface area contributed by atoms with Gasteiger partial charge in [-0.2, -0.15) is 0 Å². The summed E-state index contributed by atoms with van der Waals surface area (Å²) < 4.78 is 0. The molecule has 0 rings (SSSR count). The molecular weight excluding hydrogens is 252 g/mol. The molecule has 0 aromatic heterocycles. The van der Waals surface area contributed by atoms with Crippen LogP contribution in [0.1, 0.15) is 48.5 Å². The van der Waals surface area contributed by atoms with Gasteiger partial charge in [-0.1, -0.05) is 13.2 Å². The second-order valence-electron chi connectivity index (χ2n) is 6.08. The molecule has 0 aliphatic carbocycles. The molecule has 0 aromatic rings. The van der Waals surface area contributed by atoms with Gasteiger partial charge in [0, 0.05) is 17.6 Å². The van der Waals surface area contributed by atoms with Gasteiger partial charge in [-0.25, -0.2) is 0 Å². The highest BCUT2D eigenvalue weighted by Crippen LogP contribution is 2.05. The van der Waals surface area contributed by atoms with E-state index in [0.29, 0.717) is 0 Å². The average Bonchev–Trinajstić information content (AvgIpc) is 2.26. The van der Waals surface area contributed by atoms with Crippen LogP contribution in [-0.4, -0.2) is 34.3 Å². The van der Waals surface area contributed by atoms with Gasteiger partial charge >= 0.3 is 0 Å². The van der Waals surface area contributed by atoms with Crippen LogP contribution in [0.5, 0.6) is 0 Å². The van der Waals surface area contributed by atoms with Crippen LogP contribution in [0, 0.1) is 0 Å². The van der Waals surface area contributed by atoms with E-state index in [1.165, 1.54) is 12.2 Å². The predicted molar refractivity (Wildman–Crippen MR) is 85.4 cm³/mol. The first kappa shape index (κ1) is 20.7. The normalized spacial score (nSPS) is 10.4. The molecule has 4 heteroatoms. The Labute approximate surface area is 123 Å². The molecule has 0 aromatic carbocycles. The lowest BCUT2D eigenvalue weighted by Gasteiger charge is -2.29. The molecule has 0 aliphatic heterocycles. The van der Waals surface area contributed by atoms with Crippen molar-refractivity contribution in [1.29, 1.82) is 0 Å². The van der Waals surface area contributed by atoms with Crippen LogP contribution in [0.2, 0.25) is 0 Å². The van der Waals surface area contributed by atoms with Crippen LogP contribution in [-0.2, 0) is 9.59 Å². The van der Waals surface area contributed by atoms with Gasteiger partial charge < -0.3 is 10.2 Å². The Balaban J connectivity index is 0. The summed E-state index contributed by atoms with van der Waals surface area (Å²) in [4.78, 5) is 23.6. The van der Waals surface area contributed by atoms with Crippen LogP contribution in [0.4, 0.5) is 0 Å². The number of nitrogens with zero attached hydrogens (tertiary/aromatic N) is 1. The van der Waals surface area contributed by atoms with E-state index in [1.807, 2.05) is 48.5 Å². The topological polar surface area (TPSA) is 49.4 Å². The molecule has 0 atom stereocenters. The van der Waals surface area contributed by atoms with Crippen molar-refractivity contribution in [2.24, 2.45) is 0 Å². The molecule has 0 saturated heterocycles. The molecule has 0 saturated carbocycles. The summed E-state index contributed by atoms with van der Waals surface area (Å²) in [6.07, 6.45) is 2.63. The van der Waals surface area contributed by atoms with Crippen molar-refractivity contribution < 1.29 is 9.59 Å². The first-order valence-corrected chi connectivity index (χ1v) is 6.85. The van der Waals surface area contributed by atoms with Gasteiger partial charge in [-0.15, -0.1) is 0 Å². The number of hydrogen-bond acceptors (Lipinski definition) is 2. The molecule has 0 bridgehead atoms. The highest BCUT2D eigenvalue weighted by atomic mass is 16.2. The van der Waals surface area contributed by atoms with Crippen LogP contribution in [0.25, 0.3) is 0 Å². The van der Waals surface area contributed by atoms with E-state index in [0.717, 1.165) is 0 Å². The molecule has 1 N–H and O–H groups in total. The molecule has 20 heavy (non-hydrogen) atoms. The lowest BCUT2D eigenvalue weighted by atomic mass is 10.1. The number of carbonyl (C=O) groups excluding carboxylic acids is 2.